The topological polar surface area (TPSA) is 93.1 Å². The smallest absolute Gasteiger partial charge is 0.462 e. The number of esters is 1. The number of rotatable bonds is 11. The number of phosphoric acid groups is 1. The molecule has 0 heterocycles. The molecule has 0 aliphatic carbocycles. The summed E-state index contributed by atoms with van der Waals surface area (Å²) >= 11 is 0. The molecule has 112 valence electrons. The maximum atomic E-state index is 11.0. The maximum Gasteiger partial charge on any atom is 0.469 e. The van der Waals surface area contributed by atoms with Gasteiger partial charge < -0.3 is 14.5 Å². The third kappa shape index (κ3) is 13.6. The van der Waals surface area contributed by atoms with Crippen LogP contribution in [0.2, 0.25) is 0 Å². The van der Waals surface area contributed by atoms with Gasteiger partial charge >= 0.3 is 13.8 Å². The van der Waals surface area contributed by atoms with E-state index in [4.69, 9.17) is 14.5 Å². The zero-order valence-electron chi connectivity index (χ0n) is 11.3. The Morgan fingerprint density at radius 2 is 1.53 bits per heavy atom. The molecule has 0 amide bonds. The Kier molecular flexibility index (Phi) is 9.79. The Morgan fingerprint density at radius 3 is 2.00 bits per heavy atom. The van der Waals surface area contributed by atoms with Gasteiger partial charge in [-0.2, -0.15) is 0 Å². The van der Waals surface area contributed by atoms with Crippen LogP contribution in [0.1, 0.15) is 45.4 Å². The van der Waals surface area contributed by atoms with Crippen molar-refractivity contribution >= 4 is 13.8 Å². The summed E-state index contributed by atoms with van der Waals surface area (Å²) in [6, 6.07) is 0. The van der Waals surface area contributed by atoms with Crippen molar-refractivity contribution in [3.63, 3.8) is 0 Å². The number of carbonyl (C=O) groups excluding carboxylic acids is 1. The number of hydrogen-bond acceptors (Lipinski definition) is 4. The minimum absolute atomic E-state index is 0.0838. The molecule has 0 aliphatic rings. The summed E-state index contributed by atoms with van der Waals surface area (Å²) in [5.74, 6) is -0.352. The summed E-state index contributed by atoms with van der Waals surface area (Å²) in [4.78, 5) is 27.9. The minimum atomic E-state index is -4.31. The molecule has 0 spiro atoms. The van der Waals surface area contributed by atoms with E-state index in [0.29, 0.717) is 18.6 Å². The molecule has 0 fully saturated rings. The Morgan fingerprint density at radius 1 is 1.05 bits per heavy atom. The second kappa shape index (κ2) is 10.1. The molecule has 2 N–H and O–H groups in total. The van der Waals surface area contributed by atoms with E-state index >= 15 is 0 Å². The van der Waals surface area contributed by atoms with Gasteiger partial charge in [0.05, 0.1) is 13.2 Å². The van der Waals surface area contributed by atoms with Crippen molar-refractivity contribution in [2.75, 3.05) is 13.2 Å². The second-order valence-corrected chi connectivity index (χ2v) is 5.60. The highest BCUT2D eigenvalue weighted by Gasteiger charge is 2.12. The first-order chi connectivity index (χ1) is 8.83. The van der Waals surface area contributed by atoms with Gasteiger partial charge in [-0.05, 0) is 19.8 Å². The van der Waals surface area contributed by atoms with E-state index in [1.807, 2.05) is 0 Å². The van der Waals surface area contributed by atoms with Gasteiger partial charge in [0.25, 0.3) is 0 Å². The van der Waals surface area contributed by atoms with Crippen LogP contribution in [0.3, 0.4) is 0 Å². The van der Waals surface area contributed by atoms with Gasteiger partial charge in [0.2, 0.25) is 0 Å². The highest BCUT2D eigenvalue weighted by Crippen LogP contribution is 2.35. The van der Waals surface area contributed by atoms with Crippen molar-refractivity contribution < 1.29 is 28.4 Å². The number of unbranched alkanes of at least 4 members (excludes halogenated alkanes) is 5. The molecular formula is C12H23O6P. The highest BCUT2D eigenvalue weighted by molar-refractivity contribution is 7.46. The lowest BCUT2D eigenvalue weighted by atomic mass is 10.1. The van der Waals surface area contributed by atoms with E-state index in [-0.39, 0.29) is 12.6 Å². The van der Waals surface area contributed by atoms with Gasteiger partial charge in [0.15, 0.2) is 0 Å². The fraction of sp³-hybridized carbons (Fsp3) is 0.750. The third-order valence-corrected chi connectivity index (χ3v) is 2.90. The fourth-order valence-corrected chi connectivity index (χ4v) is 1.75. The van der Waals surface area contributed by atoms with Crippen molar-refractivity contribution in [3.8, 4) is 0 Å². The average Bonchev–Trinajstić information content (AvgIpc) is 2.29. The van der Waals surface area contributed by atoms with Gasteiger partial charge in [-0.25, -0.2) is 9.36 Å². The molecule has 0 aliphatic heterocycles. The Bertz CT molecular complexity index is 322. The molecule has 0 aromatic carbocycles. The van der Waals surface area contributed by atoms with E-state index in [1.165, 1.54) is 0 Å². The minimum Gasteiger partial charge on any atom is -0.462 e. The van der Waals surface area contributed by atoms with Gasteiger partial charge in [-0.3, -0.25) is 4.52 Å². The first-order valence-electron chi connectivity index (χ1n) is 6.35. The molecule has 7 heteroatoms. The van der Waals surface area contributed by atoms with Crippen LogP contribution in [0.5, 0.6) is 0 Å². The summed E-state index contributed by atoms with van der Waals surface area (Å²) < 4.78 is 19.6. The summed E-state index contributed by atoms with van der Waals surface area (Å²) in [5, 5.41) is 0. The van der Waals surface area contributed by atoms with E-state index < -0.39 is 7.82 Å². The van der Waals surface area contributed by atoms with Crippen LogP contribution in [0.25, 0.3) is 0 Å². The molecular weight excluding hydrogens is 271 g/mol. The zero-order chi connectivity index (χ0) is 14.7. The lowest BCUT2D eigenvalue weighted by Gasteiger charge is -2.05. The van der Waals surface area contributed by atoms with Crippen molar-refractivity contribution in [2.45, 2.75) is 45.4 Å². The predicted octanol–water partition coefficient (Wildman–Crippen LogP) is 2.56. The highest BCUT2D eigenvalue weighted by atomic mass is 31.2. The maximum absolute atomic E-state index is 11.0. The van der Waals surface area contributed by atoms with Gasteiger partial charge in [0, 0.05) is 5.57 Å². The molecule has 0 unspecified atom stereocenters. The van der Waals surface area contributed by atoms with E-state index in [1.54, 1.807) is 6.92 Å². The average molecular weight is 294 g/mol. The van der Waals surface area contributed by atoms with Crippen molar-refractivity contribution in [1.29, 1.82) is 0 Å². The molecule has 0 aromatic rings. The van der Waals surface area contributed by atoms with Crippen LogP contribution >= 0.6 is 7.82 Å². The van der Waals surface area contributed by atoms with Crippen LogP contribution in [0.15, 0.2) is 12.2 Å². The summed E-state index contributed by atoms with van der Waals surface area (Å²) in [5.41, 5.74) is 0.407. The second-order valence-electron chi connectivity index (χ2n) is 4.36. The lowest BCUT2D eigenvalue weighted by molar-refractivity contribution is -0.139. The molecule has 0 saturated heterocycles. The van der Waals surface area contributed by atoms with Crippen LogP contribution < -0.4 is 0 Å². The molecule has 6 nitrogen and oxygen atoms in total. The van der Waals surface area contributed by atoms with Gasteiger partial charge in [-0.1, -0.05) is 32.3 Å². The predicted molar refractivity (Wildman–Crippen MR) is 71.5 cm³/mol. The quantitative estimate of drug-likeness (QED) is 0.263. The lowest BCUT2D eigenvalue weighted by Crippen LogP contribution is -2.05. The van der Waals surface area contributed by atoms with Crippen LogP contribution in [-0.4, -0.2) is 29.0 Å². The zero-order valence-corrected chi connectivity index (χ0v) is 12.2. The first kappa shape index (κ1) is 18.3. The van der Waals surface area contributed by atoms with E-state index in [9.17, 15) is 9.36 Å². The first-order valence-corrected chi connectivity index (χ1v) is 7.88. The Balaban J connectivity index is 3.22. The summed E-state index contributed by atoms with van der Waals surface area (Å²) in [7, 11) is -4.31. The van der Waals surface area contributed by atoms with Crippen molar-refractivity contribution in [1.82, 2.24) is 0 Å². The molecule has 0 saturated carbocycles. The van der Waals surface area contributed by atoms with E-state index in [0.717, 1.165) is 32.1 Å². The SMILES string of the molecule is C=C(C)C(=O)OCCCCCCCCOP(=O)(O)O. The summed E-state index contributed by atoms with van der Waals surface area (Å²) in [6.07, 6.45) is 5.25. The number of ether oxygens (including phenoxy) is 1. The largest absolute Gasteiger partial charge is 0.469 e. The Labute approximate surface area is 114 Å². The summed E-state index contributed by atoms with van der Waals surface area (Å²) in [6.45, 7) is 5.59. The molecule has 0 atom stereocenters. The van der Waals surface area contributed by atoms with Crippen LogP contribution in [0, 0.1) is 0 Å². The van der Waals surface area contributed by atoms with Crippen molar-refractivity contribution in [3.05, 3.63) is 12.2 Å². The van der Waals surface area contributed by atoms with Gasteiger partial charge in [-0.15, -0.1) is 0 Å². The van der Waals surface area contributed by atoms with Crippen LogP contribution in [-0.2, 0) is 18.6 Å². The Hall–Kier alpha value is -0.680. The standard InChI is InChI=1S/C12H23O6P/c1-11(2)12(13)17-9-7-5-3-4-6-8-10-18-19(14,15)16/h1,3-10H2,2H3,(H2,14,15,16). The van der Waals surface area contributed by atoms with Crippen LogP contribution in [0.4, 0.5) is 0 Å². The molecule has 0 bridgehead atoms. The van der Waals surface area contributed by atoms with Gasteiger partial charge in [0.1, 0.15) is 0 Å². The molecule has 0 rings (SSSR count). The number of hydrogen-bond donors (Lipinski definition) is 2. The third-order valence-electron chi connectivity index (χ3n) is 2.38. The fourth-order valence-electron chi connectivity index (χ4n) is 1.38. The number of carbonyl (C=O) groups is 1. The molecule has 19 heavy (non-hydrogen) atoms. The normalized spacial score (nSPS) is 11.3. The monoisotopic (exact) mass is 294 g/mol. The van der Waals surface area contributed by atoms with Crippen molar-refractivity contribution in [2.24, 2.45) is 0 Å². The van der Waals surface area contributed by atoms with E-state index in [2.05, 4.69) is 11.1 Å². The molecule has 0 aromatic heterocycles. The number of phosphoric ester groups is 1. The molecule has 0 radical (unpaired) electrons.